The topological polar surface area (TPSA) is 192 Å². The molecule has 4 N–H and O–H groups in total. The third-order valence-electron chi connectivity index (χ3n) is 13.0. The molecular formula is C52H65ClN6O8S. The number of ether oxygens (including phenoxy) is 3. The van der Waals surface area contributed by atoms with Crippen LogP contribution >= 0.6 is 22.9 Å². The number of aliphatic hydroxyl groups excluding tert-OH is 1. The van der Waals surface area contributed by atoms with Crippen LogP contribution in [0.1, 0.15) is 114 Å². The number of nitriles is 1. The largest absolute Gasteiger partial charge is 0.494 e. The minimum Gasteiger partial charge on any atom is -0.494 e. The third kappa shape index (κ3) is 12.2. The summed E-state index contributed by atoms with van der Waals surface area (Å²) in [5.41, 5.74) is 4.13. The molecule has 68 heavy (non-hydrogen) atoms. The molecule has 14 nitrogen and oxygen atoms in total. The number of aliphatic hydroxyl groups is 1. The quantitative estimate of drug-likeness (QED) is 0.0667. The highest BCUT2D eigenvalue weighted by Gasteiger charge is 2.64. The van der Waals surface area contributed by atoms with Gasteiger partial charge >= 0.3 is 0 Å². The van der Waals surface area contributed by atoms with Gasteiger partial charge in [-0.3, -0.25) is 19.2 Å². The molecule has 0 radical (unpaired) electrons. The summed E-state index contributed by atoms with van der Waals surface area (Å²) in [7, 11) is 0. The minimum absolute atomic E-state index is 0.0186. The van der Waals surface area contributed by atoms with E-state index in [0.29, 0.717) is 47.3 Å². The maximum absolute atomic E-state index is 14.1. The number of hydrogen-bond donors (Lipinski definition) is 4. The predicted octanol–water partition coefficient (Wildman–Crippen LogP) is 8.19. The van der Waals surface area contributed by atoms with Gasteiger partial charge < -0.3 is 40.2 Å². The number of thiazole rings is 1. The number of aromatic nitrogens is 1. The average Bonchev–Trinajstić information content (AvgIpc) is 3.91. The number of hydrogen-bond acceptors (Lipinski definition) is 11. The molecule has 0 unspecified atom stereocenters. The van der Waals surface area contributed by atoms with Gasteiger partial charge in [0.2, 0.25) is 17.7 Å². The number of carbonyl (C=O) groups excluding carboxylic acids is 4. The van der Waals surface area contributed by atoms with Crippen LogP contribution in [0, 0.1) is 34.5 Å². The van der Waals surface area contributed by atoms with E-state index in [1.165, 1.54) is 4.90 Å². The van der Waals surface area contributed by atoms with Crippen LogP contribution in [0.15, 0.2) is 72.2 Å². The molecular weight excluding hydrogens is 904 g/mol. The molecule has 1 saturated heterocycles. The number of nitrogens with zero attached hydrogens (tertiary/aromatic N) is 3. The molecule has 0 bridgehead atoms. The summed E-state index contributed by atoms with van der Waals surface area (Å²) in [5.74, 6) is -0.235. The van der Waals surface area contributed by atoms with Crippen molar-refractivity contribution in [3.63, 3.8) is 0 Å². The van der Waals surface area contributed by atoms with Gasteiger partial charge in [-0.05, 0) is 86.1 Å². The summed E-state index contributed by atoms with van der Waals surface area (Å²) < 4.78 is 18.0. The molecule has 364 valence electrons. The molecule has 4 aromatic rings. The number of benzene rings is 3. The van der Waals surface area contributed by atoms with E-state index in [4.69, 9.17) is 25.8 Å². The lowest BCUT2D eigenvalue weighted by Gasteiger charge is -2.63. The van der Waals surface area contributed by atoms with E-state index in [1.54, 1.807) is 53.8 Å². The standard InChI is InChI=1S/C52H65ClN6O8S/c1-31(33-13-15-34(16-14-33)43-32(2)55-30-68-43)56-46(63)41-25-37(60)28-59(41)47(64)44(50(3,4)5)57-42(61)29-65-23-11-10-12-24-66-38-20-17-35(18-21-38)45(62)58-48-51(6,7)49(52(48,8)9)67-39-22-19-36(27-54)40(53)26-39/h13-22,26,30-31,37,41,44,48-49,60H,10-12,23-25,28-29H2,1-9H3,(H,56,63)(H,57,61)(H,58,62)/t31-,37+,41-,44+,48?,49?/m0/s1. The third-order valence-corrected chi connectivity index (χ3v) is 14.3. The first-order valence-electron chi connectivity index (χ1n) is 23.2. The molecule has 1 aliphatic heterocycles. The normalized spacial score (nSPS) is 20.3. The number of unbranched alkanes of at least 4 members (excludes halogenated alkanes) is 2. The lowest BCUT2D eigenvalue weighted by Crippen LogP contribution is -2.74. The Hall–Kier alpha value is -5.53. The number of halogens is 1. The first kappa shape index (κ1) is 51.9. The number of amides is 4. The van der Waals surface area contributed by atoms with Gasteiger partial charge in [0.05, 0.1) is 45.4 Å². The maximum atomic E-state index is 14.1. The van der Waals surface area contributed by atoms with Gasteiger partial charge in [0, 0.05) is 48.1 Å². The molecule has 6 rings (SSSR count). The van der Waals surface area contributed by atoms with Gasteiger partial charge in [-0.2, -0.15) is 5.26 Å². The van der Waals surface area contributed by atoms with Crippen LogP contribution < -0.4 is 25.4 Å². The Kier molecular flexibility index (Phi) is 16.6. The van der Waals surface area contributed by atoms with Gasteiger partial charge in [-0.25, -0.2) is 4.98 Å². The second-order valence-corrected chi connectivity index (χ2v) is 21.4. The fourth-order valence-corrected chi connectivity index (χ4v) is 10.6. The van der Waals surface area contributed by atoms with Crippen LogP contribution in [-0.4, -0.2) is 95.3 Å². The van der Waals surface area contributed by atoms with E-state index in [1.807, 2.05) is 64.4 Å². The van der Waals surface area contributed by atoms with Crippen molar-refractivity contribution in [2.75, 3.05) is 26.4 Å². The van der Waals surface area contributed by atoms with Crippen molar-refractivity contribution in [3.8, 4) is 28.0 Å². The van der Waals surface area contributed by atoms with Crippen LogP contribution in [0.4, 0.5) is 0 Å². The molecule has 2 heterocycles. The zero-order valence-electron chi connectivity index (χ0n) is 40.5. The zero-order valence-corrected chi connectivity index (χ0v) is 42.1. The molecule has 1 aliphatic carbocycles. The van der Waals surface area contributed by atoms with Crippen molar-refractivity contribution in [2.45, 2.75) is 124 Å². The molecule has 2 fully saturated rings. The van der Waals surface area contributed by atoms with Crippen molar-refractivity contribution < 1.29 is 38.5 Å². The predicted molar refractivity (Wildman–Crippen MR) is 262 cm³/mol. The minimum atomic E-state index is -0.961. The number of β-amino-alcohol motifs (C(OH)–C–C–N with tert-alkyl or cyclic N) is 1. The van der Waals surface area contributed by atoms with Gasteiger partial charge in [-0.15, -0.1) is 11.3 Å². The molecule has 4 amide bonds. The van der Waals surface area contributed by atoms with E-state index >= 15 is 0 Å². The maximum Gasteiger partial charge on any atom is 0.251 e. The van der Waals surface area contributed by atoms with E-state index in [0.717, 1.165) is 34.5 Å². The Labute approximate surface area is 409 Å². The van der Waals surface area contributed by atoms with E-state index in [-0.39, 0.29) is 60.4 Å². The van der Waals surface area contributed by atoms with E-state index < -0.39 is 35.4 Å². The molecule has 4 atom stereocenters. The molecule has 16 heteroatoms. The molecule has 3 aromatic carbocycles. The Morgan fingerprint density at radius 2 is 1.62 bits per heavy atom. The Bertz CT molecular complexity index is 2450. The summed E-state index contributed by atoms with van der Waals surface area (Å²) >= 11 is 7.81. The highest BCUT2D eigenvalue weighted by molar-refractivity contribution is 7.13. The van der Waals surface area contributed by atoms with E-state index in [2.05, 4.69) is 54.7 Å². The highest BCUT2D eigenvalue weighted by Crippen LogP contribution is 2.55. The van der Waals surface area contributed by atoms with Crippen LogP contribution in [0.5, 0.6) is 11.5 Å². The first-order chi connectivity index (χ1) is 32.1. The summed E-state index contributed by atoms with van der Waals surface area (Å²) in [6.07, 6.45) is 1.23. The lowest BCUT2D eigenvalue weighted by atomic mass is 9.49. The van der Waals surface area contributed by atoms with Gasteiger partial charge in [0.25, 0.3) is 5.91 Å². The van der Waals surface area contributed by atoms with Gasteiger partial charge in [0.1, 0.15) is 42.4 Å². The van der Waals surface area contributed by atoms with E-state index in [9.17, 15) is 29.5 Å². The summed E-state index contributed by atoms with van der Waals surface area (Å²) in [4.78, 5) is 60.9. The smallest absolute Gasteiger partial charge is 0.251 e. The number of rotatable bonds is 19. The second kappa shape index (κ2) is 21.8. The van der Waals surface area contributed by atoms with Crippen LogP contribution in [0.3, 0.4) is 0 Å². The van der Waals surface area contributed by atoms with Crippen LogP contribution in [-0.2, 0) is 19.1 Å². The Morgan fingerprint density at radius 3 is 2.24 bits per heavy atom. The fraction of sp³-hybridized carbons (Fsp3) is 0.500. The van der Waals surface area contributed by atoms with Crippen LogP contribution in [0.2, 0.25) is 5.02 Å². The molecule has 0 spiro atoms. The average molecular weight is 970 g/mol. The van der Waals surface area contributed by atoms with Crippen molar-refractivity contribution in [1.82, 2.24) is 25.8 Å². The SMILES string of the molecule is Cc1ncsc1-c1ccc([C@H](C)NC(=O)[C@@H]2C[C@@H](O)CN2C(=O)[C@@H](NC(=O)COCCCCCOc2ccc(C(=O)NC3C(C)(C)C(Oc4ccc(C#N)c(Cl)c4)C3(C)C)cc2)C(C)(C)C)cc1. The number of likely N-dealkylation sites (tertiary alicyclic amines) is 1. The van der Waals surface area contributed by atoms with Gasteiger partial charge in [-0.1, -0.05) is 84.3 Å². The summed E-state index contributed by atoms with van der Waals surface area (Å²) in [6, 6.07) is 19.7. The fourth-order valence-electron chi connectivity index (χ4n) is 9.57. The summed E-state index contributed by atoms with van der Waals surface area (Å²) in [6.45, 7) is 18.1. The zero-order chi connectivity index (χ0) is 49.6. The first-order valence-corrected chi connectivity index (χ1v) is 24.4. The van der Waals surface area contributed by atoms with Crippen molar-refractivity contribution in [1.29, 1.82) is 5.26 Å². The number of aryl methyl sites for hydroxylation is 1. The van der Waals surface area contributed by atoms with Crippen molar-refractivity contribution >= 4 is 46.6 Å². The number of carbonyl (C=O) groups is 4. The monoisotopic (exact) mass is 968 g/mol. The van der Waals surface area contributed by atoms with Crippen LogP contribution in [0.25, 0.3) is 10.4 Å². The van der Waals surface area contributed by atoms with Gasteiger partial charge in [0.15, 0.2) is 0 Å². The number of nitrogens with one attached hydrogen (secondary N) is 3. The second-order valence-electron chi connectivity index (χ2n) is 20.2. The van der Waals surface area contributed by atoms with Crippen molar-refractivity contribution in [2.24, 2.45) is 16.2 Å². The highest BCUT2D eigenvalue weighted by atomic mass is 35.5. The Balaban J connectivity index is 0.887. The summed E-state index contributed by atoms with van der Waals surface area (Å²) in [5, 5.41) is 29.2. The Morgan fingerprint density at radius 1 is 0.956 bits per heavy atom. The molecule has 1 saturated carbocycles. The molecule has 2 aliphatic rings. The lowest BCUT2D eigenvalue weighted by molar-refractivity contribution is -0.164. The molecule has 1 aromatic heterocycles. The van der Waals surface area contributed by atoms with Crippen molar-refractivity contribution in [3.05, 3.63) is 99.6 Å².